The van der Waals surface area contributed by atoms with Crippen LogP contribution in [-0.2, 0) is 6.54 Å². The van der Waals surface area contributed by atoms with Crippen molar-refractivity contribution in [1.82, 2.24) is 10.2 Å². The first-order chi connectivity index (χ1) is 9.31. The molecule has 0 amide bonds. The zero-order valence-electron chi connectivity index (χ0n) is 12.0. The van der Waals surface area contributed by atoms with Gasteiger partial charge in [-0.3, -0.25) is 4.90 Å². The zero-order valence-corrected chi connectivity index (χ0v) is 12.0. The molecule has 3 heteroatoms. The Bertz CT molecular complexity index is 398. The summed E-state index contributed by atoms with van der Waals surface area (Å²) >= 11 is 0. The van der Waals surface area contributed by atoms with E-state index in [1.165, 1.54) is 5.56 Å². The van der Waals surface area contributed by atoms with Crippen LogP contribution in [0.5, 0.6) is 5.75 Å². The second-order valence-electron chi connectivity index (χ2n) is 4.31. The van der Waals surface area contributed by atoms with Gasteiger partial charge in [-0.2, -0.15) is 0 Å². The van der Waals surface area contributed by atoms with E-state index in [-0.39, 0.29) is 0 Å². The van der Waals surface area contributed by atoms with E-state index in [4.69, 9.17) is 11.2 Å². The van der Waals surface area contributed by atoms with Gasteiger partial charge in [0.1, 0.15) is 12.4 Å². The average molecular weight is 260 g/mol. The lowest BCUT2D eigenvalue weighted by Crippen LogP contribution is -2.28. The topological polar surface area (TPSA) is 24.5 Å². The van der Waals surface area contributed by atoms with Crippen molar-refractivity contribution in [3.05, 3.63) is 29.8 Å². The lowest BCUT2D eigenvalue weighted by molar-refractivity contribution is 0.230. The van der Waals surface area contributed by atoms with Gasteiger partial charge in [-0.25, -0.2) is 0 Å². The summed E-state index contributed by atoms with van der Waals surface area (Å²) in [6.45, 7) is 9.16. The van der Waals surface area contributed by atoms with Crippen LogP contribution in [0.25, 0.3) is 0 Å². The highest BCUT2D eigenvalue weighted by Crippen LogP contribution is 2.17. The summed E-state index contributed by atoms with van der Waals surface area (Å²) in [6, 6.07) is 8.15. The van der Waals surface area contributed by atoms with Gasteiger partial charge in [-0.05, 0) is 19.2 Å². The third-order valence-corrected chi connectivity index (χ3v) is 2.97. The minimum atomic E-state index is 0.665. The lowest BCUT2D eigenvalue weighted by atomic mass is 10.2. The summed E-state index contributed by atoms with van der Waals surface area (Å²) in [5.41, 5.74) is 1.20. The van der Waals surface area contributed by atoms with Crippen LogP contribution in [0.1, 0.15) is 19.4 Å². The van der Waals surface area contributed by atoms with Gasteiger partial charge in [0.2, 0.25) is 0 Å². The van der Waals surface area contributed by atoms with Crippen molar-refractivity contribution in [2.75, 3.05) is 32.8 Å². The highest BCUT2D eigenvalue weighted by Gasteiger charge is 2.04. The lowest BCUT2D eigenvalue weighted by Gasteiger charge is -2.18. The molecule has 0 atom stereocenters. The fourth-order valence-corrected chi connectivity index (χ4v) is 1.81. The smallest absolute Gasteiger partial charge is 0.123 e. The maximum Gasteiger partial charge on any atom is 0.123 e. The third-order valence-electron chi connectivity index (χ3n) is 2.97. The number of para-hydroxylation sites is 1. The van der Waals surface area contributed by atoms with Crippen LogP contribution in [0.15, 0.2) is 24.3 Å². The Morgan fingerprint density at radius 2 is 2.11 bits per heavy atom. The number of nitrogens with one attached hydrogen (secondary N) is 1. The Labute approximate surface area is 117 Å². The number of nitrogens with zero attached hydrogens (tertiary/aromatic N) is 1. The molecule has 0 saturated heterocycles. The second-order valence-corrected chi connectivity index (χ2v) is 4.31. The molecule has 0 spiro atoms. The van der Waals surface area contributed by atoms with Crippen molar-refractivity contribution in [3.63, 3.8) is 0 Å². The largest absolute Gasteiger partial charge is 0.492 e. The monoisotopic (exact) mass is 260 g/mol. The molecule has 0 radical (unpaired) electrons. The molecule has 0 aromatic heterocycles. The summed E-state index contributed by atoms with van der Waals surface area (Å²) in [6.07, 6.45) is 5.33. The number of benzene rings is 1. The number of terminal acetylenes is 1. The number of ether oxygens (including phenoxy) is 1. The highest BCUT2D eigenvalue weighted by atomic mass is 16.5. The third kappa shape index (κ3) is 5.78. The molecule has 0 bridgehead atoms. The van der Waals surface area contributed by atoms with Gasteiger partial charge in [0.15, 0.2) is 0 Å². The van der Waals surface area contributed by atoms with Crippen molar-refractivity contribution >= 4 is 0 Å². The van der Waals surface area contributed by atoms with Gasteiger partial charge < -0.3 is 10.1 Å². The molecule has 19 heavy (non-hydrogen) atoms. The number of hydrogen-bond donors (Lipinski definition) is 1. The van der Waals surface area contributed by atoms with Crippen LogP contribution in [0.4, 0.5) is 0 Å². The van der Waals surface area contributed by atoms with Gasteiger partial charge in [0.25, 0.3) is 0 Å². The summed E-state index contributed by atoms with van der Waals surface area (Å²) < 4.78 is 5.86. The predicted molar refractivity (Wildman–Crippen MR) is 80.3 cm³/mol. The molecule has 104 valence electrons. The highest BCUT2D eigenvalue weighted by molar-refractivity contribution is 5.33. The van der Waals surface area contributed by atoms with Gasteiger partial charge in [0, 0.05) is 18.7 Å². The van der Waals surface area contributed by atoms with Gasteiger partial charge in [-0.15, -0.1) is 6.42 Å². The zero-order chi connectivity index (χ0) is 13.9. The van der Waals surface area contributed by atoms with Crippen molar-refractivity contribution in [1.29, 1.82) is 0 Å². The molecule has 0 aliphatic heterocycles. The predicted octanol–water partition coefficient (Wildman–Crippen LogP) is 2.13. The van der Waals surface area contributed by atoms with E-state index in [2.05, 4.69) is 36.1 Å². The van der Waals surface area contributed by atoms with Gasteiger partial charge in [0.05, 0.1) is 6.54 Å². The number of likely N-dealkylation sites (N-methyl/N-ethyl adjacent to an activating group) is 1. The van der Waals surface area contributed by atoms with Crippen LogP contribution in [0.3, 0.4) is 0 Å². The molecule has 1 rings (SSSR count). The van der Waals surface area contributed by atoms with Gasteiger partial charge >= 0.3 is 0 Å². The molecule has 0 heterocycles. The molecule has 1 aromatic carbocycles. The maximum atomic E-state index is 5.86. The molecular weight excluding hydrogens is 236 g/mol. The van der Waals surface area contributed by atoms with Crippen LogP contribution < -0.4 is 10.1 Å². The van der Waals surface area contributed by atoms with Gasteiger partial charge in [-0.1, -0.05) is 38.0 Å². The van der Waals surface area contributed by atoms with Crippen LogP contribution >= 0.6 is 0 Å². The van der Waals surface area contributed by atoms with Crippen molar-refractivity contribution < 1.29 is 4.74 Å². The minimum absolute atomic E-state index is 0.665. The molecule has 0 aliphatic carbocycles. The fraction of sp³-hybridized carbons (Fsp3) is 0.500. The molecule has 1 aromatic rings. The minimum Gasteiger partial charge on any atom is -0.492 e. The molecule has 0 fully saturated rings. The first-order valence-corrected chi connectivity index (χ1v) is 6.89. The molecule has 0 saturated carbocycles. The SMILES string of the molecule is C#CCN(CC)CCOc1ccccc1CNCC. The van der Waals surface area contributed by atoms with E-state index in [0.29, 0.717) is 13.2 Å². The summed E-state index contributed by atoms with van der Waals surface area (Å²) in [7, 11) is 0. The first kappa shape index (κ1) is 15.6. The Balaban J connectivity index is 2.46. The quantitative estimate of drug-likeness (QED) is 0.688. The van der Waals surface area contributed by atoms with Crippen molar-refractivity contribution in [2.45, 2.75) is 20.4 Å². The van der Waals surface area contributed by atoms with E-state index < -0.39 is 0 Å². The molecule has 3 nitrogen and oxygen atoms in total. The van der Waals surface area contributed by atoms with Crippen LogP contribution in [-0.4, -0.2) is 37.7 Å². The molecule has 1 N–H and O–H groups in total. The standard InChI is InChI=1S/C16H24N2O/c1-4-11-18(6-3)12-13-19-16-10-8-7-9-15(16)14-17-5-2/h1,7-10,17H,5-6,11-14H2,2-3H3. The fourth-order valence-electron chi connectivity index (χ4n) is 1.81. The molecule has 0 unspecified atom stereocenters. The second kappa shape index (κ2) is 9.43. The van der Waals surface area contributed by atoms with Crippen molar-refractivity contribution in [3.8, 4) is 18.1 Å². The normalized spacial score (nSPS) is 10.4. The van der Waals surface area contributed by atoms with E-state index in [9.17, 15) is 0 Å². The summed E-state index contributed by atoms with van der Waals surface area (Å²) in [4.78, 5) is 2.19. The molecular formula is C16H24N2O. The molecule has 0 aliphatic rings. The van der Waals surface area contributed by atoms with Crippen molar-refractivity contribution in [2.24, 2.45) is 0 Å². The van der Waals surface area contributed by atoms with Crippen LogP contribution in [0, 0.1) is 12.3 Å². The Hall–Kier alpha value is -1.50. The number of rotatable bonds is 9. The Kier molecular flexibility index (Phi) is 7.72. The first-order valence-electron chi connectivity index (χ1n) is 6.89. The van der Waals surface area contributed by atoms with E-state index >= 15 is 0 Å². The van der Waals surface area contributed by atoms with Crippen LogP contribution in [0.2, 0.25) is 0 Å². The Morgan fingerprint density at radius 3 is 2.79 bits per heavy atom. The van der Waals surface area contributed by atoms with E-state index in [1.54, 1.807) is 0 Å². The Morgan fingerprint density at radius 1 is 1.32 bits per heavy atom. The maximum absolute atomic E-state index is 5.86. The van der Waals surface area contributed by atoms with E-state index in [1.807, 2.05) is 18.2 Å². The average Bonchev–Trinajstić information content (AvgIpc) is 2.45. The summed E-state index contributed by atoms with van der Waals surface area (Å²) in [5, 5.41) is 3.32. The van der Waals surface area contributed by atoms with E-state index in [0.717, 1.165) is 31.9 Å². The number of hydrogen-bond acceptors (Lipinski definition) is 3. The summed E-state index contributed by atoms with van der Waals surface area (Å²) in [5.74, 6) is 3.63.